The van der Waals surface area contributed by atoms with Crippen molar-refractivity contribution in [2.45, 2.75) is 6.10 Å². The third-order valence-corrected chi connectivity index (χ3v) is 6.68. The van der Waals surface area contributed by atoms with Crippen LogP contribution >= 0.6 is 11.3 Å². The van der Waals surface area contributed by atoms with Gasteiger partial charge in [0.2, 0.25) is 11.9 Å². The number of benzene rings is 2. The predicted octanol–water partition coefficient (Wildman–Crippen LogP) is 3.10. The van der Waals surface area contributed by atoms with E-state index in [9.17, 15) is 14.4 Å². The van der Waals surface area contributed by atoms with E-state index in [0.29, 0.717) is 53.7 Å². The van der Waals surface area contributed by atoms with Crippen molar-refractivity contribution in [3.8, 4) is 11.5 Å². The van der Waals surface area contributed by atoms with E-state index in [4.69, 9.17) is 9.47 Å². The molecule has 1 saturated heterocycles. The Morgan fingerprint density at radius 3 is 2.18 bits per heavy atom. The number of nitrogens with zero attached hydrogens (tertiary/aromatic N) is 2. The van der Waals surface area contributed by atoms with Crippen LogP contribution < -0.4 is 9.47 Å². The number of fused-ring (bicyclic) bond motifs is 1. The number of hydrogen-bond acceptors (Lipinski definition) is 6. The molecular weight excluding hydrogens is 440 g/mol. The maximum absolute atomic E-state index is 13.2. The molecule has 1 aromatic heterocycles. The molecule has 0 bridgehead atoms. The van der Waals surface area contributed by atoms with E-state index in [0.717, 1.165) is 0 Å². The molecule has 0 unspecified atom stereocenters. The molecule has 3 heterocycles. The summed E-state index contributed by atoms with van der Waals surface area (Å²) in [5.74, 6) is 0.687. The lowest BCUT2D eigenvalue weighted by Gasteiger charge is -2.37. The zero-order valence-electron chi connectivity index (χ0n) is 17.8. The van der Waals surface area contributed by atoms with Crippen LogP contribution in [0, 0.1) is 0 Å². The number of piperazine rings is 1. The van der Waals surface area contributed by atoms with Gasteiger partial charge in [-0.05, 0) is 29.6 Å². The lowest BCUT2D eigenvalue weighted by atomic mass is 10.0. The van der Waals surface area contributed by atoms with Crippen molar-refractivity contribution in [2.24, 2.45) is 0 Å². The lowest BCUT2D eigenvalue weighted by molar-refractivity contribution is -0.142. The average molecular weight is 463 g/mol. The summed E-state index contributed by atoms with van der Waals surface area (Å²) in [6.07, 6.45) is -0.703. The largest absolute Gasteiger partial charge is 0.485 e. The number of hydrogen-bond donors (Lipinski definition) is 0. The average Bonchev–Trinajstić information content (AvgIpc) is 3.42. The molecule has 0 N–H and O–H groups in total. The number of ketones is 1. The minimum atomic E-state index is -0.703. The molecule has 168 valence electrons. The highest BCUT2D eigenvalue weighted by molar-refractivity contribution is 7.12. The van der Waals surface area contributed by atoms with E-state index >= 15 is 0 Å². The number of carbonyl (C=O) groups excluding carboxylic acids is 3. The van der Waals surface area contributed by atoms with Crippen LogP contribution in [0.1, 0.15) is 25.6 Å². The highest BCUT2D eigenvalue weighted by Crippen LogP contribution is 2.31. The fourth-order valence-corrected chi connectivity index (χ4v) is 4.73. The Hall–Kier alpha value is -3.65. The van der Waals surface area contributed by atoms with Crippen molar-refractivity contribution in [1.82, 2.24) is 9.80 Å². The molecule has 1 fully saturated rings. The Morgan fingerprint density at radius 1 is 0.788 bits per heavy atom. The summed E-state index contributed by atoms with van der Waals surface area (Å²) in [4.78, 5) is 43.1. The van der Waals surface area contributed by atoms with Crippen molar-refractivity contribution in [1.29, 1.82) is 0 Å². The number of carbonyl (C=O) groups is 3. The molecule has 2 aliphatic rings. The van der Waals surface area contributed by atoms with E-state index in [1.54, 1.807) is 52.3 Å². The number of rotatable bonds is 4. The summed E-state index contributed by atoms with van der Waals surface area (Å²) in [7, 11) is 0. The first-order valence-electron chi connectivity index (χ1n) is 10.8. The van der Waals surface area contributed by atoms with Gasteiger partial charge in [-0.3, -0.25) is 14.4 Å². The summed E-state index contributed by atoms with van der Waals surface area (Å²) >= 11 is 1.35. The topological polar surface area (TPSA) is 76.2 Å². The zero-order valence-corrected chi connectivity index (χ0v) is 18.6. The van der Waals surface area contributed by atoms with Crippen LogP contribution in [-0.4, -0.2) is 66.3 Å². The summed E-state index contributed by atoms with van der Waals surface area (Å²) < 4.78 is 11.5. The van der Waals surface area contributed by atoms with Gasteiger partial charge < -0.3 is 19.3 Å². The third-order valence-electron chi connectivity index (χ3n) is 5.81. The van der Waals surface area contributed by atoms with Gasteiger partial charge in [-0.25, -0.2) is 0 Å². The number of para-hydroxylation sites is 2. The zero-order chi connectivity index (χ0) is 22.8. The van der Waals surface area contributed by atoms with Crippen molar-refractivity contribution in [3.63, 3.8) is 0 Å². The first-order chi connectivity index (χ1) is 16.1. The van der Waals surface area contributed by atoms with E-state index in [-0.39, 0.29) is 24.2 Å². The highest BCUT2D eigenvalue weighted by Gasteiger charge is 2.34. The first kappa shape index (κ1) is 21.2. The Bertz CT molecular complexity index is 1190. The fourth-order valence-electron chi connectivity index (χ4n) is 4.05. The molecule has 8 heteroatoms. The SMILES string of the molecule is O=C(c1cccs1)c1ccccc1C(=O)N1CCN(C(=O)[C@H]2COc3ccccc3O2)CC1. The van der Waals surface area contributed by atoms with Gasteiger partial charge in [0, 0.05) is 31.7 Å². The van der Waals surface area contributed by atoms with E-state index in [1.807, 2.05) is 23.6 Å². The van der Waals surface area contributed by atoms with Crippen LogP contribution in [0.3, 0.4) is 0 Å². The Kier molecular flexibility index (Phi) is 5.83. The van der Waals surface area contributed by atoms with Crippen LogP contribution in [0.25, 0.3) is 0 Å². The molecule has 0 aliphatic carbocycles. The summed E-state index contributed by atoms with van der Waals surface area (Å²) in [6, 6.07) is 17.7. The highest BCUT2D eigenvalue weighted by atomic mass is 32.1. The van der Waals surface area contributed by atoms with E-state index in [2.05, 4.69) is 0 Å². The van der Waals surface area contributed by atoms with Crippen molar-refractivity contribution >= 4 is 28.9 Å². The molecule has 5 rings (SSSR count). The second kappa shape index (κ2) is 9.07. The van der Waals surface area contributed by atoms with Crippen molar-refractivity contribution in [2.75, 3.05) is 32.8 Å². The number of amides is 2. The Morgan fingerprint density at radius 2 is 1.45 bits per heavy atom. The van der Waals surface area contributed by atoms with Gasteiger partial charge >= 0.3 is 0 Å². The maximum Gasteiger partial charge on any atom is 0.267 e. The van der Waals surface area contributed by atoms with Crippen LogP contribution in [0.4, 0.5) is 0 Å². The van der Waals surface area contributed by atoms with Gasteiger partial charge in [-0.2, -0.15) is 0 Å². The van der Waals surface area contributed by atoms with Crippen molar-refractivity contribution in [3.05, 3.63) is 82.0 Å². The molecule has 1 atom stereocenters. The quantitative estimate of drug-likeness (QED) is 0.557. The van der Waals surface area contributed by atoms with Gasteiger partial charge in [-0.1, -0.05) is 36.4 Å². The van der Waals surface area contributed by atoms with Gasteiger partial charge in [0.05, 0.1) is 10.4 Å². The molecule has 3 aromatic rings. The summed E-state index contributed by atoms with van der Waals surface area (Å²) in [6.45, 7) is 1.72. The van der Waals surface area contributed by atoms with Crippen LogP contribution in [-0.2, 0) is 4.79 Å². The van der Waals surface area contributed by atoms with Gasteiger partial charge in [0.25, 0.3) is 11.8 Å². The second-order valence-corrected chi connectivity index (χ2v) is 8.78. The molecule has 0 radical (unpaired) electrons. The van der Waals surface area contributed by atoms with E-state index < -0.39 is 6.10 Å². The number of thiophene rings is 1. The van der Waals surface area contributed by atoms with Crippen LogP contribution in [0.2, 0.25) is 0 Å². The summed E-state index contributed by atoms with van der Waals surface area (Å²) in [5, 5.41) is 1.84. The maximum atomic E-state index is 13.2. The standard InChI is InChI=1S/C25H22N2O5S/c28-23(22-10-5-15-33-22)17-6-1-2-7-18(17)24(29)26-11-13-27(14-12-26)25(30)21-16-31-19-8-3-4-9-20(19)32-21/h1-10,15,21H,11-14,16H2/t21-/m1/s1. The second-order valence-electron chi connectivity index (χ2n) is 7.83. The Labute approximate surface area is 195 Å². The molecule has 0 spiro atoms. The van der Waals surface area contributed by atoms with Crippen LogP contribution in [0.5, 0.6) is 11.5 Å². The van der Waals surface area contributed by atoms with Crippen LogP contribution in [0.15, 0.2) is 66.0 Å². The molecular formula is C25H22N2O5S. The lowest BCUT2D eigenvalue weighted by Crippen LogP contribution is -2.55. The predicted molar refractivity (Wildman–Crippen MR) is 123 cm³/mol. The monoisotopic (exact) mass is 462 g/mol. The fraction of sp³-hybridized carbons (Fsp3) is 0.240. The minimum Gasteiger partial charge on any atom is -0.485 e. The molecule has 2 aromatic carbocycles. The normalized spacial score (nSPS) is 17.5. The van der Waals surface area contributed by atoms with Gasteiger partial charge in [0.1, 0.15) is 6.61 Å². The van der Waals surface area contributed by atoms with Crippen molar-refractivity contribution < 1.29 is 23.9 Å². The first-order valence-corrected chi connectivity index (χ1v) is 11.6. The molecule has 2 amide bonds. The molecule has 2 aliphatic heterocycles. The Balaban J connectivity index is 1.24. The molecule has 7 nitrogen and oxygen atoms in total. The van der Waals surface area contributed by atoms with E-state index in [1.165, 1.54) is 11.3 Å². The third kappa shape index (κ3) is 4.21. The number of ether oxygens (including phenoxy) is 2. The smallest absolute Gasteiger partial charge is 0.267 e. The van der Waals surface area contributed by atoms with Gasteiger partial charge in [0.15, 0.2) is 11.5 Å². The summed E-state index contributed by atoms with van der Waals surface area (Å²) in [5.41, 5.74) is 0.783. The molecule has 33 heavy (non-hydrogen) atoms. The van der Waals surface area contributed by atoms with Gasteiger partial charge in [-0.15, -0.1) is 11.3 Å². The molecule has 0 saturated carbocycles. The minimum absolute atomic E-state index is 0.148.